The van der Waals surface area contributed by atoms with Gasteiger partial charge in [0.1, 0.15) is 6.10 Å². The molecule has 1 aromatic carbocycles. The quantitative estimate of drug-likeness (QED) is 0.735. The van der Waals surface area contributed by atoms with Crippen LogP contribution in [-0.4, -0.2) is 17.1 Å². The molecule has 1 aromatic rings. The molecule has 3 heteroatoms. The SMILES string of the molecule is O[C@H]1C[C@@H](c2ccccc2)CC1(F)F. The molecule has 0 unspecified atom stereocenters. The van der Waals surface area contributed by atoms with Crippen molar-refractivity contribution in [2.45, 2.75) is 30.8 Å². The van der Waals surface area contributed by atoms with Crippen LogP contribution < -0.4 is 0 Å². The van der Waals surface area contributed by atoms with Crippen LogP contribution in [0.1, 0.15) is 24.3 Å². The number of hydrogen-bond acceptors (Lipinski definition) is 1. The Balaban J connectivity index is 2.17. The maximum absolute atomic E-state index is 13.0. The Labute approximate surface area is 81.4 Å². The lowest BCUT2D eigenvalue weighted by atomic mass is 9.98. The molecule has 0 spiro atoms. The molecule has 0 heterocycles. The summed E-state index contributed by atoms with van der Waals surface area (Å²) in [5, 5.41) is 9.14. The van der Waals surface area contributed by atoms with E-state index in [-0.39, 0.29) is 18.8 Å². The van der Waals surface area contributed by atoms with Crippen molar-refractivity contribution < 1.29 is 13.9 Å². The maximum atomic E-state index is 13.0. The zero-order chi connectivity index (χ0) is 10.2. The second kappa shape index (κ2) is 3.31. The number of aliphatic hydroxyl groups is 1. The number of halogens is 2. The van der Waals surface area contributed by atoms with E-state index >= 15 is 0 Å². The van der Waals surface area contributed by atoms with Crippen molar-refractivity contribution in [1.29, 1.82) is 0 Å². The van der Waals surface area contributed by atoms with Gasteiger partial charge in [-0.3, -0.25) is 0 Å². The third kappa shape index (κ3) is 1.64. The van der Waals surface area contributed by atoms with Gasteiger partial charge < -0.3 is 5.11 Å². The van der Waals surface area contributed by atoms with Crippen LogP contribution in [0.15, 0.2) is 30.3 Å². The van der Waals surface area contributed by atoms with E-state index in [1.54, 1.807) is 0 Å². The molecule has 0 bridgehead atoms. The van der Waals surface area contributed by atoms with Crippen LogP contribution in [0.5, 0.6) is 0 Å². The fourth-order valence-corrected chi connectivity index (χ4v) is 1.97. The average molecular weight is 198 g/mol. The average Bonchev–Trinajstić information content (AvgIpc) is 2.43. The normalized spacial score (nSPS) is 30.5. The van der Waals surface area contributed by atoms with Crippen molar-refractivity contribution in [3.63, 3.8) is 0 Å². The van der Waals surface area contributed by atoms with Gasteiger partial charge in [-0.2, -0.15) is 0 Å². The molecule has 14 heavy (non-hydrogen) atoms. The first-order valence-corrected chi connectivity index (χ1v) is 4.70. The Morgan fingerprint density at radius 1 is 1.21 bits per heavy atom. The van der Waals surface area contributed by atoms with E-state index in [1.165, 1.54) is 0 Å². The Kier molecular flexibility index (Phi) is 2.27. The van der Waals surface area contributed by atoms with Crippen LogP contribution in [0.2, 0.25) is 0 Å². The van der Waals surface area contributed by atoms with Crippen molar-refractivity contribution in [3.8, 4) is 0 Å². The lowest BCUT2D eigenvalue weighted by Gasteiger charge is -2.11. The van der Waals surface area contributed by atoms with Crippen LogP contribution in [0, 0.1) is 0 Å². The van der Waals surface area contributed by atoms with Crippen molar-refractivity contribution in [3.05, 3.63) is 35.9 Å². The van der Waals surface area contributed by atoms with E-state index in [1.807, 2.05) is 30.3 Å². The van der Waals surface area contributed by atoms with Crippen LogP contribution in [-0.2, 0) is 0 Å². The minimum absolute atomic E-state index is 0.164. The zero-order valence-corrected chi connectivity index (χ0v) is 7.66. The van der Waals surface area contributed by atoms with Crippen molar-refractivity contribution in [1.82, 2.24) is 0 Å². The fraction of sp³-hybridized carbons (Fsp3) is 0.455. The molecule has 0 saturated heterocycles. The number of rotatable bonds is 1. The molecule has 0 aliphatic heterocycles. The Morgan fingerprint density at radius 2 is 1.86 bits per heavy atom. The molecule has 1 nitrogen and oxygen atoms in total. The minimum atomic E-state index is -2.92. The summed E-state index contributed by atoms with van der Waals surface area (Å²) in [5.74, 6) is -3.12. The van der Waals surface area contributed by atoms with Gasteiger partial charge >= 0.3 is 0 Å². The molecule has 0 aromatic heterocycles. The van der Waals surface area contributed by atoms with E-state index in [0.717, 1.165) is 5.56 Å². The summed E-state index contributed by atoms with van der Waals surface area (Å²) >= 11 is 0. The highest BCUT2D eigenvalue weighted by Gasteiger charge is 2.48. The smallest absolute Gasteiger partial charge is 0.274 e. The third-order valence-corrected chi connectivity index (χ3v) is 2.78. The highest BCUT2D eigenvalue weighted by atomic mass is 19.3. The number of alkyl halides is 2. The highest BCUT2D eigenvalue weighted by molar-refractivity contribution is 5.22. The predicted octanol–water partition coefficient (Wildman–Crippen LogP) is 2.56. The van der Waals surface area contributed by atoms with Gasteiger partial charge in [-0.1, -0.05) is 30.3 Å². The van der Waals surface area contributed by atoms with Gasteiger partial charge in [0.25, 0.3) is 5.92 Å². The third-order valence-electron chi connectivity index (χ3n) is 2.78. The molecule has 1 fully saturated rings. The topological polar surface area (TPSA) is 20.2 Å². The first-order valence-electron chi connectivity index (χ1n) is 4.70. The zero-order valence-electron chi connectivity index (χ0n) is 7.66. The Morgan fingerprint density at radius 3 is 2.36 bits per heavy atom. The van der Waals surface area contributed by atoms with Crippen molar-refractivity contribution >= 4 is 0 Å². The lowest BCUT2D eigenvalue weighted by molar-refractivity contribution is -0.0854. The van der Waals surface area contributed by atoms with Crippen LogP contribution in [0.25, 0.3) is 0 Å². The van der Waals surface area contributed by atoms with Gasteiger partial charge in [-0.15, -0.1) is 0 Å². The molecule has 2 atom stereocenters. The highest BCUT2D eigenvalue weighted by Crippen LogP contribution is 2.44. The van der Waals surface area contributed by atoms with E-state index < -0.39 is 12.0 Å². The standard InChI is InChI=1S/C11H12F2O/c12-11(13)7-9(6-10(11)14)8-4-2-1-3-5-8/h1-5,9-10,14H,6-7H2/t9-,10+/m1/s1. The van der Waals surface area contributed by atoms with E-state index in [0.29, 0.717) is 0 Å². The van der Waals surface area contributed by atoms with Gasteiger partial charge in [0.15, 0.2) is 0 Å². The van der Waals surface area contributed by atoms with Gasteiger partial charge in [-0.05, 0) is 17.9 Å². The largest absolute Gasteiger partial charge is 0.387 e. The Hall–Kier alpha value is -0.960. The summed E-state index contributed by atoms with van der Waals surface area (Å²) in [6.07, 6.45) is -1.55. The molecule has 1 N–H and O–H groups in total. The van der Waals surface area contributed by atoms with E-state index in [9.17, 15) is 8.78 Å². The minimum Gasteiger partial charge on any atom is -0.387 e. The molecule has 2 rings (SSSR count). The lowest BCUT2D eigenvalue weighted by Crippen LogP contribution is -2.26. The molecule has 1 aliphatic carbocycles. The monoisotopic (exact) mass is 198 g/mol. The summed E-state index contributed by atoms with van der Waals surface area (Å²) in [6.45, 7) is 0. The van der Waals surface area contributed by atoms with Crippen molar-refractivity contribution in [2.75, 3.05) is 0 Å². The van der Waals surface area contributed by atoms with Crippen LogP contribution in [0.3, 0.4) is 0 Å². The first-order chi connectivity index (χ1) is 6.59. The summed E-state index contributed by atoms with van der Waals surface area (Å²) in [5.41, 5.74) is 0.892. The summed E-state index contributed by atoms with van der Waals surface area (Å²) < 4.78 is 26.0. The van der Waals surface area contributed by atoms with Gasteiger partial charge in [0, 0.05) is 6.42 Å². The van der Waals surface area contributed by atoms with Crippen LogP contribution >= 0.6 is 0 Å². The number of benzene rings is 1. The number of aliphatic hydroxyl groups excluding tert-OH is 1. The summed E-state index contributed by atoms with van der Waals surface area (Å²) in [4.78, 5) is 0. The molecule has 76 valence electrons. The summed E-state index contributed by atoms with van der Waals surface area (Å²) in [7, 11) is 0. The van der Waals surface area contributed by atoms with E-state index in [4.69, 9.17) is 5.11 Å². The summed E-state index contributed by atoms with van der Waals surface area (Å²) in [6, 6.07) is 9.18. The van der Waals surface area contributed by atoms with Gasteiger partial charge in [0.2, 0.25) is 0 Å². The molecule has 1 saturated carbocycles. The molecule has 0 amide bonds. The molecular weight excluding hydrogens is 186 g/mol. The second-order valence-corrected chi connectivity index (χ2v) is 3.82. The first kappa shape index (κ1) is 9.59. The molecule has 1 aliphatic rings. The van der Waals surface area contributed by atoms with E-state index in [2.05, 4.69) is 0 Å². The van der Waals surface area contributed by atoms with Crippen LogP contribution in [0.4, 0.5) is 8.78 Å². The number of hydrogen-bond donors (Lipinski definition) is 1. The van der Waals surface area contributed by atoms with Crippen molar-refractivity contribution in [2.24, 2.45) is 0 Å². The fourth-order valence-electron chi connectivity index (χ4n) is 1.97. The van der Waals surface area contributed by atoms with Gasteiger partial charge in [-0.25, -0.2) is 8.78 Å². The second-order valence-electron chi connectivity index (χ2n) is 3.82. The van der Waals surface area contributed by atoms with Gasteiger partial charge in [0.05, 0.1) is 0 Å². The molecular formula is C11H12F2O. The molecule has 0 radical (unpaired) electrons. The maximum Gasteiger partial charge on any atom is 0.274 e. The predicted molar refractivity (Wildman–Crippen MR) is 49.4 cm³/mol. The Bertz CT molecular complexity index is 310.